The van der Waals surface area contributed by atoms with Gasteiger partial charge in [0.25, 0.3) is 0 Å². The molecular formula is C29H54O5Si. The van der Waals surface area contributed by atoms with Crippen molar-refractivity contribution in [3.05, 3.63) is 0 Å². The molecule has 0 spiro atoms. The van der Waals surface area contributed by atoms with Crippen LogP contribution in [-0.2, 0) is 23.4 Å². The Labute approximate surface area is 216 Å². The van der Waals surface area contributed by atoms with Crippen LogP contribution in [0.15, 0.2) is 0 Å². The third-order valence-corrected chi connectivity index (χ3v) is 13.4. The van der Waals surface area contributed by atoms with Gasteiger partial charge in [-0.25, -0.2) is 0 Å². The van der Waals surface area contributed by atoms with Crippen molar-refractivity contribution >= 4 is 14.3 Å². The standard InChI is InChI=1S/C29H54O5Si/c1-7-8-9-10-11-12-13-14-15-27(34-35(5,6)29(2,3)4)26-19-18-23(32-26)22-16-17-24(31-22)25-20-21-28(30)33-25/h22-27H,7-21H2,1-6H3/t22-,23-,24-,25-,26-,27-/m0/s1. The predicted molar refractivity (Wildman–Crippen MR) is 144 cm³/mol. The van der Waals surface area contributed by atoms with Crippen LogP contribution in [0.5, 0.6) is 0 Å². The molecule has 6 heteroatoms. The Morgan fingerprint density at radius 2 is 1.40 bits per heavy atom. The van der Waals surface area contributed by atoms with Crippen molar-refractivity contribution < 1.29 is 23.4 Å². The van der Waals surface area contributed by atoms with Crippen LogP contribution in [0.1, 0.15) is 124 Å². The molecule has 0 amide bonds. The normalized spacial score (nSPS) is 30.7. The molecular weight excluding hydrogens is 456 g/mol. The van der Waals surface area contributed by atoms with Crippen LogP contribution in [-0.4, -0.2) is 50.9 Å². The van der Waals surface area contributed by atoms with Gasteiger partial charge in [-0.15, -0.1) is 0 Å². The molecule has 0 aliphatic carbocycles. The highest BCUT2D eigenvalue weighted by Crippen LogP contribution is 2.41. The Hall–Kier alpha value is -0.433. The van der Waals surface area contributed by atoms with Crippen molar-refractivity contribution in [1.82, 2.24) is 0 Å². The topological polar surface area (TPSA) is 54.0 Å². The van der Waals surface area contributed by atoms with Crippen LogP contribution in [0.3, 0.4) is 0 Å². The monoisotopic (exact) mass is 510 g/mol. The number of hydrogen-bond donors (Lipinski definition) is 0. The molecule has 6 atom stereocenters. The van der Waals surface area contributed by atoms with Gasteiger partial charge in [-0.3, -0.25) is 4.79 Å². The summed E-state index contributed by atoms with van der Waals surface area (Å²) in [5.74, 6) is -0.0780. The quantitative estimate of drug-likeness (QED) is 0.136. The van der Waals surface area contributed by atoms with E-state index in [0.717, 1.165) is 38.5 Å². The van der Waals surface area contributed by atoms with Crippen LogP contribution in [0.4, 0.5) is 0 Å². The van der Waals surface area contributed by atoms with Gasteiger partial charge in [0.15, 0.2) is 8.32 Å². The van der Waals surface area contributed by atoms with Gasteiger partial charge in [-0.1, -0.05) is 79.1 Å². The number of ether oxygens (including phenoxy) is 3. The maximum atomic E-state index is 11.5. The minimum atomic E-state index is -1.87. The Bertz CT molecular complexity index is 645. The Morgan fingerprint density at radius 1 is 0.829 bits per heavy atom. The van der Waals surface area contributed by atoms with Gasteiger partial charge in [-0.2, -0.15) is 0 Å². The van der Waals surface area contributed by atoms with Gasteiger partial charge in [0.05, 0.1) is 30.5 Å². The largest absolute Gasteiger partial charge is 0.460 e. The molecule has 0 aromatic rings. The van der Waals surface area contributed by atoms with Crippen molar-refractivity contribution in [2.24, 2.45) is 0 Å². The summed E-state index contributed by atoms with van der Waals surface area (Å²) in [5.41, 5.74) is 0. The Kier molecular flexibility index (Phi) is 11.1. The maximum absolute atomic E-state index is 11.5. The van der Waals surface area contributed by atoms with Crippen molar-refractivity contribution in [1.29, 1.82) is 0 Å². The second kappa shape index (κ2) is 13.4. The Morgan fingerprint density at radius 3 is 2.00 bits per heavy atom. The second-order valence-electron chi connectivity index (χ2n) is 12.8. The smallest absolute Gasteiger partial charge is 0.306 e. The van der Waals surface area contributed by atoms with Gasteiger partial charge in [-0.05, 0) is 56.7 Å². The summed E-state index contributed by atoms with van der Waals surface area (Å²) in [6.07, 6.45) is 17.8. The predicted octanol–water partition coefficient (Wildman–Crippen LogP) is 7.71. The van der Waals surface area contributed by atoms with Crippen molar-refractivity contribution in [3.63, 3.8) is 0 Å². The first-order chi connectivity index (χ1) is 16.6. The fraction of sp³-hybridized carbons (Fsp3) is 0.966. The minimum Gasteiger partial charge on any atom is -0.460 e. The molecule has 204 valence electrons. The van der Waals surface area contributed by atoms with Gasteiger partial charge >= 0.3 is 5.97 Å². The van der Waals surface area contributed by atoms with Gasteiger partial charge in [0, 0.05) is 6.42 Å². The molecule has 35 heavy (non-hydrogen) atoms. The molecule has 3 heterocycles. The second-order valence-corrected chi connectivity index (χ2v) is 17.6. The number of unbranched alkanes of at least 4 members (excludes halogenated alkanes) is 7. The maximum Gasteiger partial charge on any atom is 0.306 e. The third-order valence-electron chi connectivity index (χ3n) is 8.92. The van der Waals surface area contributed by atoms with E-state index in [1.165, 1.54) is 51.4 Å². The summed E-state index contributed by atoms with van der Waals surface area (Å²) in [7, 11) is -1.87. The zero-order valence-corrected chi connectivity index (χ0v) is 24.6. The van der Waals surface area contributed by atoms with Gasteiger partial charge < -0.3 is 18.6 Å². The van der Waals surface area contributed by atoms with E-state index in [1.54, 1.807) is 0 Å². The first-order valence-electron chi connectivity index (χ1n) is 14.8. The summed E-state index contributed by atoms with van der Waals surface area (Å²) in [4.78, 5) is 11.5. The molecule has 3 rings (SSSR count). The molecule has 5 nitrogen and oxygen atoms in total. The molecule has 3 fully saturated rings. The Balaban J connectivity index is 1.49. The van der Waals surface area contributed by atoms with E-state index in [0.29, 0.717) is 6.42 Å². The summed E-state index contributed by atoms with van der Waals surface area (Å²) in [5, 5.41) is 0.197. The van der Waals surface area contributed by atoms with Crippen LogP contribution >= 0.6 is 0 Å². The highest BCUT2D eigenvalue weighted by atomic mass is 28.4. The fourth-order valence-electron chi connectivity index (χ4n) is 5.64. The van der Waals surface area contributed by atoms with Crippen LogP contribution in [0.2, 0.25) is 18.1 Å². The average molecular weight is 511 g/mol. The van der Waals surface area contributed by atoms with E-state index in [4.69, 9.17) is 18.6 Å². The van der Waals surface area contributed by atoms with E-state index in [1.807, 2.05) is 0 Å². The molecule has 0 aromatic carbocycles. The summed E-state index contributed by atoms with van der Waals surface area (Å²) >= 11 is 0. The number of rotatable bonds is 14. The fourth-order valence-corrected chi connectivity index (χ4v) is 7.02. The lowest BCUT2D eigenvalue weighted by atomic mass is 10.0. The average Bonchev–Trinajstić information content (AvgIpc) is 3.54. The number of cyclic esters (lactones) is 1. The summed E-state index contributed by atoms with van der Waals surface area (Å²) in [6.45, 7) is 14.0. The molecule has 0 bridgehead atoms. The van der Waals surface area contributed by atoms with E-state index in [-0.39, 0.29) is 47.6 Å². The van der Waals surface area contributed by atoms with E-state index >= 15 is 0 Å². The van der Waals surface area contributed by atoms with Crippen molar-refractivity contribution in [3.8, 4) is 0 Å². The highest BCUT2D eigenvalue weighted by molar-refractivity contribution is 6.74. The lowest BCUT2D eigenvalue weighted by Crippen LogP contribution is -2.47. The van der Waals surface area contributed by atoms with Gasteiger partial charge in [0.2, 0.25) is 0 Å². The van der Waals surface area contributed by atoms with E-state index in [9.17, 15) is 4.79 Å². The highest BCUT2D eigenvalue weighted by Gasteiger charge is 2.46. The van der Waals surface area contributed by atoms with E-state index in [2.05, 4.69) is 40.8 Å². The van der Waals surface area contributed by atoms with E-state index < -0.39 is 8.32 Å². The number of carbonyl (C=O) groups excluding carboxylic acids is 1. The molecule has 0 radical (unpaired) electrons. The molecule has 0 N–H and O–H groups in total. The van der Waals surface area contributed by atoms with Crippen molar-refractivity contribution in [2.75, 3.05) is 0 Å². The molecule has 0 unspecified atom stereocenters. The van der Waals surface area contributed by atoms with Crippen LogP contribution in [0.25, 0.3) is 0 Å². The number of carbonyl (C=O) groups is 1. The molecule has 3 aliphatic rings. The number of esters is 1. The minimum absolute atomic E-state index is 0.0469. The van der Waals surface area contributed by atoms with Crippen LogP contribution < -0.4 is 0 Å². The summed E-state index contributed by atoms with van der Waals surface area (Å²) in [6, 6.07) is 0. The number of hydrogen-bond acceptors (Lipinski definition) is 5. The van der Waals surface area contributed by atoms with Crippen LogP contribution in [0, 0.1) is 0 Å². The zero-order valence-electron chi connectivity index (χ0n) is 23.6. The zero-order chi connectivity index (χ0) is 25.5. The third kappa shape index (κ3) is 8.54. The molecule has 0 saturated carbocycles. The SMILES string of the molecule is CCCCCCCCCC[C@H](O[Si](C)(C)C(C)(C)C)[C@@H]1CC[C@@H]([C@@H]2CC[C@@H]([C@@H]3CCC(=O)O3)O2)O1. The summed E-state index contributed by atoms with van der Waals surface area (Å²) < 4.78 is 25.5. The first kappa shape index (κ1) is 29.1. The molecule has 3 aliphatic heterocycles. The van der Waals surface area contributed by atoms with Gasteiger partial charge in [0.1, 0.15) is 6.10 Å². The lowest BCUT2D eigenvalue weighted by molar-refractivity contribution is -0.149. The van der Waals surface area contributed by atoms with Crippen molar-refractivity contribution in [2.45, 2.75) is 179 Å². The first-order valence-corrected chi connectivity index (χ1v) is 17.7. The lowest BCUT2D eigenvalue weighted by Gasteiger charge is -2.41. The molecule has 3 saturated heterocycles. The molecule has 0 aromatic heterocycles.